The summed E-state index contributed by atoms with van der Waals surface area (Å²) in [5.74, 6) is -0.345. The van der Waals surface area contributed by atoms with E-state index >= 15 is 0 Å². The Morgan fingerprint density at radius 2 is 2.11 bits per heavy atom. The van der Waals surface area contributed by atoms with Gasteiger partial charge >= 0.3 is 0 Å². The van der Waals surface area contributed by atoms with Gasteiger partial charge in [0.1, 0.15) is 5.82 Å². The van der Waals surface area contributed by atoms with E-state index in [1.54, 1.807) is 12.1 Å². The number of aliphatic hydroxyl groups excluding tert-OH is 1. The minimum atomic E-state index is -0.678. The molecule has 0 aliphatic rings. The molecule has 0 saturated carbocycles. The van der Waals surface area contributed by atoms with Crippen LogP contribution in [-0.4, -0.2) is 30.0 Å². The van der Waals surface area contributed by atoms with Crippen molar-refractivity contribution in [3.63, 3.8) is 0 Å². The van der Waals surface area contributed by atoms with Crippen molar-refractivity contribution >= 4 is 21.6 Å². The molecule has 3 nitrogen and oxygen atoms in total. The fraction of sp³-hybridized carbons (Fsp3) is 0.538. The van der Waals surface area contributed by atoms with Gasteiger partial charge in [0.15, 0.2) is 0 Å². The lowest BCUT2D eigenvalue weighted by atomic mass is 10.2. The van der Waals surface area contributed by atoms with Gasteiger partial charge in [-0.25, -0.2) is 4.39 Å². The van der Waals surface area contributed by atoms with E-state index in [1.807, 2.05) is 20.8 Å². The van der Waals surface area contributed by atoms with E-state index in [4.69, 9.17) is 4.74 Å². The zero-order valence-electron chi connectivity index (χ0n) is 10.8. The molecule has 0 aliphatic carbocycles. The first-order valence-corrected chi connectivity index (χ1v) is 6.58. The molecule has 0 heterocycles. The van der Waals surface area contributed by atoms with E-state index in [0.717, 1.165) is 4.47 Å². The molecule has 0 aromatic heterocycles. The third-order valence-electron chi connectivity index (χ3n) is 2.17. The van der Waals surface area contributed by atoms with Crippen LogP contribution in [0, 0.1) is 5.82 Å². The SMILES string of the molecule is CC(C)(C)OCC(O)CNc1cc(Br)ccc1F. The zero-order chi connectivity index (χ0) is 13.8. The van der Waals surface area contributed by atoms with Crippen molar-refractivity contribution < 1.29 is 14.2 Å². The fourth-order valence-corrected chi connectivity index (χ4v) is 1.63. The van der Waals surface area contributed by atoms with Gasteiger partial charge in [-0.3, -0.25) is 0 Å². The lowest BCUT2D eigenvalue weighted by Crippen LogP contribution is -2.30. The highest BCUT2D eigenvalue weighted by Gasteiger charge is 2.14. The highest BCUT2D eigenvalue weighted by Crippen LogP contribution is 2.19. The highest BCUT2D eigenvalue weighted by atomic mass is 79.9. The molecule has 1 rings (SSSR count). The molecule has 1 aromatic rings. The smallest absolute Gasteiger partial charge is 0.146 e. The predicted octanol–water partition coefficient (Wildman–Crippen LogP) is 3.18. The summed E-state index contributed by atoms with van der Waals surface area (Å²) in [6, 6.07) is 4.62. The van der Waals surface area contributed by atoms with Crippen LogP contribution in [0.3, 0.4) is 0 Å². The van der Waals surface area contributed by atoms with Crippen LogP contribution in [0.4, 0.5) is 10.1 Å². The van der Waals surface area contributed by atoms with Crippen molar-refractivity contribution in [3.8, 4) is 0 Å². The highest BCUT2D eigenvalue weighted by molar-refractivity contribution is 9.10. The topological polar surface area (TPSA) is 41.5 Å². The Balaban J connectivity index is 2.42. The van der Waals surface area contributed by atoms with Crippen molar-refractivity contribution in [1.82, 2.24) is 0 Å². The van der Waals surface area contributed by atoms with Gasteiger partial charge in [0.05, 0.1) is 24.0 Å². The minimum Gasteiger partial charge on any atom is -0.389 e. The Bertz CT molecular complexity index is 393. The molecule has 0 radical (unpaired) electrons. The van der Waals surface area contributed by atoms with E-state index in [9.17, 15) is 9.50 Å². The maximum Gasteiger partial charge on any atom is 0.146 e. The van der Waals surface area contributed by atoms with Gasteiger partial charge in [-0.05, 0) is 39.0 Å². The lowest BCUT2D eigenvalue weighted by molar-refractivity contribution is -0.0449. The van der Waals surface area contributed by atoms with Crippen LogP contribution in [0.1, 0.15) is 20.8 Å². The van der Waals surface area contributed by atoms with Crippen LogP contribution in [0.2, 0.25) is 0 Å². The van der Waals surface area contributed by atoms with E-state index in [1.165, 1.54) is 6.07 Å². The number of ether oxygens (including phenoxy) is 1. The molecule has 1 unspecified atom stereocenters. The third-order valence-corrected chi connectivity index (χ3v) is 2.66. The van der Waals surface area contributed by atoms with Crippen LogP contribution in [-0.2, 0) is 4.74 Å². The summed E-state index contributed by atoms with van der Waals surface area (Å²) in [6.45, 7) is 6.21. The molecule has 0 bridgehead atoms. The van der Waals surface area contributed by atoms with Gasteiger partial charge in [0, 0.05) is 11.0 Å². The average molecular weight is 320 g/mol. The number of hydrogen-bond acceptors (Lipinski definition) is 3. The molecular formula is C13H19BrFNO2. The predicted molar refractivity (Wildman–Crippen MR) is 74.3 cm³/mol. The number of benzene rings is 1. The van der Waals surface area contributed by atoms with Gasteiger partial charge in [-0.15, -0.1) is 0 Å². The minimum absolute atomic E-state index is 0.214. The summed E-state index contributed by atoms with van der Waals surface area (Å²) in [6.07, 6.45) is -0.678. The Hall–Kier alpha value is -0.650. The third kappa shape index (κ3) is 5.80. The molecule has 0 saturated heterocycles. The lowest BCUT2D eigenvalue weighted by Gasteiger charge is -2.22. The van der Waals surface area contributed by atoms with Gasteiger partial charge in [0.2, 0.25) is 0 Å². The maximum atomic E-state index is 13.4. The summed E-state index contributed by atoms with van der Waals surface area (Å²) >= 11 is 3.27. The Labute approximate surface area is 115 Å². The van der Waals surface area contributed by atoms with Crippen molar-refractivity contribution in [2.75, 3.05) is 18.5 Å². The van der Waals surface area contributed by atoms with Crippen LogP contribution in [0.5, 0.6) is 0 Å². The Morgan fingerprint density at radius 1 is 1.44 bits per heavy atom. The van der Waals surface area contributed by atoms with Crippen molar-refractivity contribution in [3.05, 3.63) is 28.5 Å². The van der Waals surface area contributed by atoms with Crippen LogP contribution in [0.15, 0.2) is 22.7 Å². The second-order valence-electron chi connectivity index (χ2n) is 5.08. The van der Waals surface area contributed by atoms with Gasteiger partial charge < -0.3 is 15.2 Å². The Kier molecular flexibility index (Phi) is 5.56. The first kappa shape index (κ1) is 15.4. The molecule has 1 atom stereocenters. The van der Waals surface area contributed by atoms with E-state index in [2.05, 4.69) is 21.2 Å². The number of aliphatic hydroxyl groups is 1. The number of nitrogens with one attached hydrogen (secondary N) is 1. The van der Waals surface area contributed by atoms with Crippen molar-refractivity contribution in [2.45, 2.75) is 32.5 Å². The maximum absolute atomic E-state index is 13.4. The van der Waals surface area contributed by atoms with Crippen molar-refractivity contribution in [2.24, 2.45) is 0 Å². The van der Waals surface area contributed by atoms with Crippen LogP contribution in [0.25, 0.3) is 0 Å². The second kappa shape index (κ2) is 6.50. The molecule has 1 aromatic carbocycles. The first-order chi connectivity index (χ1) is 8.28. The van der Waals surface area contributed by atoms with Gasteiger partial charge in [-0.2, -0.15) is 0 Å². The van der Waals surface area contributed by atoms with Crippen molar-refractivity contribution in [1.29, 1.82) is 0 Å². The molecule has 0 fully saturated rings. The number of anilines is 1. The van der Waals surface area contributed by atoms with Gasteiger partial charge in [-0.1, -0.05) is 15.9 Å². The van der Waals surface area contributed by atoms with Crippen LogP contribution >= 0.6 is 15.9 Å². The second-order valence-corrected chi connectivity index (χ2v) is 6.00. The number of hydrogen-bond donors (Lipinski definition) is 2. The summed E-state index contributed by atoms with van der Waals surface area (Å²) in [5, 5.41) is 12.6. The summed E-state index contributed by atoms with van der Waals surface area (Å²) in [4.78, 5) is 0. The molecule has 2 N–H and O–H groups in total. The number of rotatable bonds is 5. The quantitative estimate of drug-likeness (QED) is 0.875. The molecule has 5 heteroatoms. The summed E-state index contributed by atoms with van der Waals surface area (Å²) in [7, 11) is 0. The normalized spacial score (nSPS) is 13.4. The molecular weight excluding hydrogens is 301 g/mol. The molecule has 0 aliphatic heterocycles. The largest absolute Gasteiger partial charge is 0.389 e. The Morgan fingerprint density at radius 3 is 2.72 bits per heavy atom. The van der Waals surface area contributed by atoms with E-state index < -0.39 is 6.10 Å². The monoisotopic (exact) mass is 319 g/mol. The summed E-state index contributed by atoms with van der Waals surface area (Å²) < 4.78 is 19.6. The zero-order valence-corrected chi connectivity index (χ0v) is 12.4. The summed E-state index contributed by atoms with van der Waals surface area (Å²) in [5.41, 5.74) is 0.0707. The average Bonchev–Trinajstić information content (AvgIpc) is 2.26. The molecule has 18 heavy (non-hydrogen) atoms. The molecule has 102 valence electrons. The first-order valence-electron chi connectivity index (χ1n) is 5.79. The van der Waals surface area contributed by atoms with Crippen LogP contribution < -0.4 is 5.32 Å². The standard InChI is InChI=1S/C13H19BrFNO2/c1-13(2,3)18-8-10(17)7-16-12-6-9(14)4-5-11(12)15/h4-6,10,16-17H,7-8H2,1-3H3. The fourth-order valence-electron chi connectivity index (χ4n) is 1.27. The molecule has 0 amide bonds. The number of halogens is 2. The van der Waals surface area contributed by atoms with E-state index in [-0.39, 0.29) is 24.6 Å². The van der Waals surface area contributed by atoms with Gasteiger partial charge in [0.25, 0.3) is 0 Å². The molecule has 0 spiro atoms. The van der Waals surface area contributed by atoms with E-state index in [0.29, 0.717) is 5.69 Å².